The zero-order valence-electron chi connectivity index (χ0n) is 14.1. The van der Waals surface area contributed by atoms with Gasteiger partial charge in [-0.3, -0.25) is 14.9 Å². The van der Waals surface area contributed by atoms with E-state index in [1.54, 1.807) is 6.20 Å². The Morgan fingerprint density at radius 3 is 2.50 bits per heavy atom. The van der Waals surface area contributed by atoms with E-state index in [1.807, 2.05) is 0 Å². The Hall–Kier alpha value is -1.96. The normalized spacial score (nSPS) is 27.0. The number of carbonyl (C=O) groups excluding carboxylic acids is 3. The standard InChI is InChI=1S/C16H22N4O3S/c1-15(2,3)10-8-17-14(24-10)18-11(21)9-4-6-16(7-5-9)12(22)19-13(23)20-16/h8-9H,4-7H2,1-3H3,(H,17,18,21)(H2,19,20,22,23). The number of amides is 4. The van der Waals surface area contributed by atoms with Crippen molar-refractivity contribution in [1.82, 2.24) is 15.6 Å². The third-order valence-electron chi connectivity index (χ3n) is 4.70. The first-order chi connectivity index (χ1) is 11.2. The number of imide groups is 1. The van der Waals surface area contributed by atoms with Gasteiger partial charge in [0.05, 0.1) is 0 Å². The van der Waals surface area contributed by atoms with Crippen molar-refractivity contribution in [3.8, 4) is 0 Å². The maximum atomic E-state index is 12.4. The molecule has 2 aliphatic rings. The first-order valence-electron chi connectivity index (χ1n) is 8.10. The van der Waals surface area contributed by atoms with Crippen LogP contribution in [0.15, 0.2) is 6.20 Å². The first-order valence-corrected chi connectivity index (χ1v) is 8.92. The van der Waals surface area contributed by atoms with Gasteiger partial charge in [0, 0.05) is 17.0 Å². The van der Waals surface area contributed by atoms with Crippen molar-refractivity contribution in [2.24, 2.45) is 5.92 Å². The van der Waals surface area contributed by atoms with Gasteiger partial charge in [-0.2, -0.15) is 0 Å². The van der Waals surface area contributed by atoms with Crippen molar-refractivity contribution in [2.45, 2.75) is 57.4 Å². The lowest BCUT2D eigenvalue weighted by atomic mass is 9.76. The van der Waals surface area contributed by atoms with Crippen molar-refractivity contribution in [1.29, 1.82) is 0 Å². The smallest absolute Gasteiger partial charge is 0.322 e. The molecule has 0 atom stereocenters. The fourth-order valence-corrected chi connectivity index (χ4v) is 4.02. The van der Waals surface area contributed by atoms with Gasteiger partial charge in [-0.05, 0) is 31.1 Å². The SMILES string of the molecule is CC(C)(C)c1cnc(NC(=O)C2CCC3(CC2)NC(=O)NC3=O)s1. The molecule has 3 N–H and O–H groups in total. The molecule has 0 unspecified atom stereocenters. The average Bonchev–Trinajstić information content (AvgIpc) is 3.05. The summed E-state index contributed by atoms with van der Waals surface area (Å²) in [5, 5.41) is 8.48. The number of hydrogen-bond donors (Lipinski definition) is 3. The molecule has 1 aromatic heterocycles. The van der Waals surface area contributed by atoms with Gasteiger partial charge in [-0.1, -0.05) is 20.8 Å². The van der Waals surface area contributed by atoms with Crippen LogP contribution in [0.25, 0.3) is 0 Å². The third kappa shape index (κ3) is 3.15. The van der Waals surface area contributed by atoms with E-state index in [1.165, 1.54) is 11.3 Å². The van der Waals surface area contributed by atoms with Crippen molar-refractivity contribution in [3.05, 3.63) is 11.1 Å². The monoisotopic (exact) mass is 350 g/mol. The fourth-order valence-electron chi connectivity index (χ4n) is 3.14. The van der Waals surface area contributed by atoms with Gasteiger partial charge in [0.25, 0.3) is 5.91 Å². The summed E-state index contributed by atoms with van der Waals surface area (Å²) in [5.74, 6) is -0.506. The van der Waals surface area contributed by atoms with Gasteiger partial charge in [0.15, 0.2) is 5.13 Å². The Morgan fingerprint density at radius 2 is 2.00 bits per heavy atom. The summed E-state index contributed by atoms with van der Waals surface area (Å²) < 4.78 is 0. The molecule has 0 radical (unpaired) electrons. The lowest BCUT2D eigenvalue weighted by molar-refractivity contribution is -0.128. The second-order valence-electron chi connectivity index (χ2n) is 7.53. The van der Waals surface area contributed by atoms with Gasteiger partial charge < -0.3 is 10.6 Å². The van der Waals surface area contributed by atoms with Crippen LogP contribution < -0.4 is 16.0 Å². The molecule has 1 aromatic rings. The van der Waals surface area contributed by atoms with Crippen molar-refractivity contribution >= 4 is 34.3 Å². The molecule has 1 saturated heterocycles. The van der Waals surface area contributed by atoms with Crippen LogP contribution in [0.3, 0.4) is 0 Å². The summed E-state index contributed by atoms with van der Waals surface area (Å²) >= 11 is 1.49. The van der Waals surface area contributed by atoms with Crippen LogP contribution >= 0.6 is 11.3 Å². The Kier molecular flexibility index (Phi) is 4.11. The zero-order chi connectivity index (χ0) is 17.5. The Balaban J connectivity index is 1.59. The lowest BCUT2D eigenvalue weighted by Crippen LogP contribution is -2.50. The van der Waals surface area contributed by atoms with Gasteiger partial charge in [0.2, 0.25) is 5.91 Å². The van der Waals surface area contributed by atoms with Crippen LogP contribution in [0.4, 0.5) is 9.93 Å². The van der Waals surface area contributed by atoms with Crippen molar-refractivity contribution < 1.29 is 14.4 Å². The summed E-state index contributed by atoms with van der Waals surface area (Å²) in [6.07, 6.45) is 3.89. The molecule has 4 amide bonds. The third-order valence-corrected chi connectivity index (χ3v) is 6.04. The summed E-state index contributed by atoms with van der Waals surface area (Å²) in [6.45, 7) is 6.31. The zero-order valence-corrected chi connectivity index (χ0v) is 14.9. The maximum Gasteiger partial charge on any atom is 0.322 e. The number of rotatable bonds is 2. The number of urea groups is 1. The van der Waals surface area contributed by atoms with E-state index in [4.69, 9.17) is 0 Å². The second kappa shape index (κ2) is 5.84. The van der Waals surface area contributed by atoms with Gasteiger partial charge >= 0.3 is 6.03 Å². The van der Waals surface area contributed by atoms with Crippen LogP contribution in [0.5, 0.6) is 0 Å². The van der Waals surface area contributed by atoms with Crippen LogP contribution in [0, 0.1) is 5.92 Å². The van der Waals surface area contributed by atoms with Gasteiger partial charge in [0.1, 0.15) is 5.54 Å². The Morgan fingerprint density at radius 1 is 1.33 bits per heavy atom. The van der Waals surface area contributed by atoms with Crippen LogP contribution in [0.2, 0.25) is 0 Å². The highest BCUT2D eigenvalue weighted by Gasteiger charge is 2.48. The minimum Gasteiger partial charge on any atom is -0.323 e. The van der Waals surface area contributed by atoms with Crippen LogP contribution in [-0.2, 0) is 15.0 Å². The quantitative estimate of drug-likeness (QED) is 0.712. The number of nitrogens with one attached hydrogen (secondary N) is 3. The first kappa shape index (κ1) is 16.9. The van der Waals surface area contributed by atoms with Crippen molar-refractivity contribution in [3.63, 3.8) is 0 Å². The van der Waals surface area contributed by atoms with E-state index in [2.05, 4.69) is 41.7 Å². The van der Waals surface area contributed by atoms with Crippen molar-refractivity contribution in [2.75, 3.05) is 5.32 Å². The predicted octanol–water partition coefficient (Wildman–Crippen LogP) is 2.15. The molecule has 7 nitrogen and oxygen atoms in total. The summed E-state index contributed by atoms with van der Waals surface area (Å²) in [5.41, 5.74) is -0.819. The molecule has 130 valence electrons. The summed E-state index contributed by atoms with van der Waals surface area (Å²) in [7, 11) is 0. The molecule has 2 heterocycles. The Bertz CT molecular complexity index is 684. The van der Waals surface area contributed by atoms with Crippen LogP contribution in [0.1, 0.15) is 51.3 Å². The van der Waals surface area contributed by atoms with Gasteiger partial charge in [-0.15, -0.1) is 11.3 Å². The molecule has 24 heavy (non-hydrogen) atoms. The molecule has 2 fully saturated rings. The molecule has 1 aliphatic heterocycles. The molecular weight excluding hydrogens is 328 g/mol. The highest BCUT2D eigenvalue weighted by atomic mass is 32.1. The topological polar surface area (TPSA) is 100 Å². The van der Waals surface area contributed by atoms with E-state index in [0.717, 1.165) is 4.88 Å². The molecule has 1 saturated carbocycles. The number of anilines is 1. The van der Waals surface area contributed by atoms with Gasteiger partial charge in [-0.25, -0.2) is 9.78 Å². The van der Waals surface area contributed by atoms with E-state index >= 15 is 0 Å². The Labute approximate surface area is 144 Å². The second-order valence-corrected chi connectivity index (χ2v) is 8.56. The minimum atomic E-state index is -0.825. The largest absolute Gasteiger partial charge is 0.323 e. The number of nitrogens with zero attached hydrogens (tertiary/aromatic N) is 1. The fraction of sp³-hybridized carbons (Fsp3) is 0.625. The number of thiazole rings is 1. The number of hydrogen-bond acceptors (Lipinski definition) is 5. The molecule has 0 bridgehead atoms. The molecule has 1 spiro atoms. The average molecular weight is 350 g/mol. The predicted molar refractivity (Wildman–Crippen MR) is 90.8 cm³/mol. The van der Waals surface area contributed by atoms with E-state index in [9.17, 15) is 14.4 Å². The number of carbonyl (C=O) groups is 3. The molecule has 3 rings (SSSR count). The van der Waals surface area contributed by atoms with Crippen LogP contribution in [-0.4, -0.2) is 28.4 Å². The molecule has 8 heteroatoms. The summed E-state index contributed by atoms with van der Waals surface area (Å²) in [6, 6.07) is -0.444. The van der Waals surface area contributed by atoms with E-state index in [-0.39, 0.29) is 23.1 Å². The molecule has 0 aromatic carbocycles. The molecular formula is C16H22N4O3S. The maximum absolute atomic E-state index is 12.4. The highest BCUT2D eigenvalue weighted by molar-refractivity contribution is 7.15. The number of aromatic nitrogens is 1. The van der Waals surface area contributed by atoms with E-state index in [0.29, 0.717) is 30.8 Å². The molecule has 1 aliphatic carbocycles. The minimum absolute atomic E-state index is 0.00586. The summed E-state index contributed by atoms with van der Waals surface area (Å²) in [4.78, 5) is 41.1. The van der Waals surface area contributed by atoms with E-state index < -0.39 is 11.6 Å². The highest BCUT2D eigenvalue weighted by Crippen LogP contribution is 2.35. The lowest BCUT2D eigenvalue weighted by Gasteiger charge is -2.33.